The molecule has 0 N–H and O–H groups in total. The average molecular weight is 368 g/mol. The van der Waals surface area contributed by atoms with E-state index in [1.54, 1.807) is 0 Å². The quantitative estimate of drug-likeness (QED) is 0.511. The first-order chi connectivity index (χ1) is 10.4. The fourth-order valence-electron chi connectivity index (χ4n) is 1.15. The van der Waals surface area contributed by atoms with Gasteiger partial charge < -0.3 is 24.8 Å². The smallest absolute Gasteiger partial charge is 0.0623 e. The zero-order valence-corrected chi connectivity index (χ0v) is 14.8. The molecule has 0 unspecified atom stereocenters. The molecule has 2 nitrogen and oxygen atoms in total. The Kier molecular flexibility index (Phi) is 28.7. The number of hydrogen-bond acceptors (Lipinski definition) is 2. The van der Waals surface area contributed by atoms with Gasteiger partial charge in [-0.05, 0) is 0 Å². The van der Waals surface area contributed by atoms with E-state index in [0.717, 1.165) is 0 Å². The van der Waals surface area contributed by atoms with Crippen molar-refractivity contribution in [3.63, 3.8) is 0 Å². The minimum atomic E-state index is -1.08. The summed E-state index contributed by atoms with van der Waals surface area (Å²) in [5.74, 6) is 0. The van der Waals surface area contributed by atoms with Gasteiger partial charge >= 0.3 is 17.5 Å². The molecular formula is C18H18Cl2O2P-. The molecule has 0 atom stereocenters. The Morgan fingerprint density at radius 3 is 0.391 bits per heavy atom. The first-order valence-corrected chi connectivity index (χ1v) is 7.10. The van der Waals surface area contributed by atoms with Crippen LogP contribution in [-0.2, 0) is 9.13 Å². The number of halogens is 2. The molecule has 0 aliphatic heterocycles. The van der Waals surface area contributed by atoms with Crippen LogP contribution in [0.4, 0.5) is 0 Å². The van der Waals surface area contributed by atoms with Gasteiger partial charge in [-0.25, -0.2) is 0 Å². The standard InChI is InChI=1S/3C6H6.2ClH.O2P/c3*1-2-4-6-5-3-1;;;1-3-2/h3*1-6H;2*1H;/q;;;;;+1/p-2. The summed E-state index contributed by atoms with van der Waals surface area (Å²) in [6.07, 6.45) is 0. The maximum atomic E-state index is 8.35. The Morgan fingerprint density at radius 2 is 0.348 bits per heavy atom. The van der Waals surface area contributed by atoms with Gasteiger partial charge in [0.05, 0.1) is 0 Å². The fourth-order valence-corrected chi connectivity index (χ4v) is 1.15. The summed E-state index contributed by atoms with van der Waals surface area (Å²) in [7, 11) is -1.08. The zero-order chi connectivity index (χ0) is 15.4. The Hall–Kier alpha value is -1.73. The van der Waals surface area contributed by atoms with Crippen molar-refractivity contribution < 1.29 is 33.9 Å². The molecule has 0 aromatic heterocycles. The predicted molar refractivity (Wildman–Crippen MR) is 87.6 cm³/mol. The first kappa shape index (κ1) is 26.2. The van der Waals surface area contributed by atoms with Crippen LogP contribution in [0, 0.1) is 0 Å². The number of rotatable bonds is 0. The van der Waals surface area contributed by atoms with Crippen LogP contribution >= 0.6 is 8.34 Å². The van der Waals surface area contributed by atoms with E-state index < -0.39 is 8.34 Å². The van der Waals surface area contributed by atoms with Crippen molar-refractivity contribution in [3.8, 4) is 0 Å². The van der Waals surface area contributed by atoms with Gasteiger partial charge in [0.25, 0.3) is 0 Å². The average Bonchev–Trinajstić information content (AvgIpc) is 2.61. The largest absolute Gasteiger partial charge is 1.00 e. The SMILES string of the molecule is O=[P+]=O.[Cl-].[Cl-].c1ccccc1.c1ccccc1.c1ccccc1. The Morgan fingerprint density at radius 1 is 0.304 bits per heavy atom. The van der Waals surface area contributed by atoms with Gasteiger partial charge in [0.2, 0.25) is 0 Å². The third kappa shape index (κ3) is 25.6. The summed E-state index contributed by atoms with van der Waals surface area (Å²) in [5.41, 5.74) is 0. The summed E-state index contributed by atoms with van der Waals surface area (Å²) in [4.78, 5) is 0. The van der Waals surface area contributed by atoms with Crippen LogP contribution in [0.3, 0.4) is 0 Å². The molecule has 0 heterocycles. The third-order valence-electron chi connectivity index (χ3n) is 2.00. The van der Waals surface area contributed by atoms with Crippen LogP contribution in [0.2, 0.25) is 0 Å². The minimum absolute atomic E-state index is 0. The summed E-state index contributed by atoms with van der Waals surface area (Å²) in [6, 6.07) is 36.0. The molecule has 0 spiro atoms. The van der Waals surface area contributed by atoms with Gasteiger partial charge in [-0.3, -0.25) is 0 Å². The first-order valence-electron chi connectivity index (χ1n) is 6.37. The molecule has 5 heteroatoms. The third-order valence-corrected chi connectivity index (χ3v) is 2.00. The van der Waals surface area contributed by atoms with Crippen molar-refractivity contribution in [2.45, 2.75) is 0 Å². The summed E-state index contributed by atoms with van der Waals surface area (Å²) < 4.78 is 16.7. The van der Waals surface area contributed by atoms with E-state index in [4.69, 9.17) is 9.13 Å². The topological polar surface area (TPSA) is 34.1 Å². The second kappa shape index (κ2) is 25.2. The van der Waals surface area contributed by atoms with Crippen molar-refractivity contribution in [3.05, 3.63) is 109 Å². The van der Waals surface area contributed by atoms with Gasteiger partial charge in [-0.15, -0.1) is 0 Å². The second-order valence-electron chi connectivity index (χ2n) is 3.54. The van der Waals surface area contributed by atoms with Crippen molar-refractivity contribution >= 4 is 8.34 Å². The molecule has 0 radical (unpaired) electrons. The van der Waals surface area contributed by atoms with E-state index >= 15 is 0 Å². The zero-order valence-electron chi connectivity index (χ0n) is 12.4. The van der Waals surface area contributed by atoms with Crippen LogP contribution in [0.25, 0.3) is 0 Å². The molecule has 122 valence electrons. The fraction of sp³-hybridized carbons (Fsp3) is 0. The van der Waals surface area contributed by atoms with E-state index in [1.165, 1.54) is 0 Å². The molecule has 23 heavy (non-hydrogen) atoms. The summed E-state index contributed by atoms with van der Waals surface area (Å²) in [5, 5.41) is 0. The number of benzene rings is 3. The van der Waals surface area contributed by atoms with Crippen LogP contribution in [-0.4, -0.2) is 0 Å². The van der Waals surface area contributed by atoms with E-state index in [-0.39, 0.29) is 24.8 Å². The van der Waals surface area contributed by atoms with E-state index in [2.05, 4.69) is 0 Å². The molecule has 0 saturated heterocycles. The molecule has 0 aliphatic rings. The van der Waals surface area contributed by atoms with Gasteiger partial charge in [-0.1, -0.05) is 109 Å². The van der Waals surface area contributed by atoms with E-state index in [0.29, 0.717) is 0 Å². The molecule has 0 amide bonds. The Bertz CT molecular complexity index is 391. The summed E-state index contributed by atoms with van der Waals surface area (Å²) >= 11 is 0. The number of hydrogen-bond donors (Lipinski definition) is 0. The van der Waals surface area contributed by atoms with Crippen molar-refractivity contribution in [2.24, 2.45) is 0 Å². The maximum absolute atomic E-state index is 8.35. The predicted octanol–water partition coefficient (Wildman–Crippen LogP) is -0.309. The van der Waals surface area contributed by atoms with Gasteiger partial charge in [-0.2, -0.15) is 0 Å². The Balaban J connectivity index is -0.000000232. The molecule has 0 bridgehead atoms. The Labute approximate surface area is 151 Å². The van der Waals surface area contributed by atoms with Crippen LogP contribution < -0.4 is 24.8 Å². The van der Waals surface area contributed by atoms with Crippen molar-refractivity contribution in [1.82, 2.24) is 0 Å². The van der Waals surface area contributed by atoms with Crippen LogP contribution in [0.5, 0.6) is 0 Å². The van der Waals surface area contributed by atoms with Gasteiger partial charge in [0.1, 0.15) is 0 Å². The molecule has 0 fully saturated rings. The van der Waals surface area contributed by atoms with E-state index in [1.807, 2.05) is 109 Å². The molecular weight excluding hydrogens is 350 g/mol. The van der Waals surface area contributed by atoms with E-state index in [9.17, 15) is 0 Å². The van der Waals surface area contributed by atoms with Gasteiger partial charge in [0, 0.05) is 0 Å². The van der Waals surface area contributed by atoms with Gasteiger partial charge in [0.15, 0.2) is 0 Å². The van der Waals surface area contributed by atoms with Crippen LogP contribution in [0.1, 0.15) is 0 Å². The minimum Gasteiger partial charge on any atom is -1.00 e. The maximum Gasteiger partial charge on any atom is -0.0623 e. The normalized spacial score (nSPS) is 6.61. The molecule has 0 saturated carbocycles. The van der Waals surface area contributed by atoms with Crippen molar-refractivity contribution in [1.29, 1.82) is 0 Å². The second-order valence-corrected chi connectivity index (χ2v) is 3.69. The molecule has 0 aliphatic carbocycles. The monoisotopic (exact) mass is 367 g/mol. The van der Waals surface area contributed by atoms with Crippen molar-refractivity contribution in [2.75, 3.05) is 0 Å². The van der Waals surface area contributed by atoms with Crippen LogP contribution in [0.15, 0.2) is 109 Å². The molecule has 3 aromatic rings. The molecule has 3 aromatic carbocycles. The summed E-state index contributed by atoms with van der Waals surface area (Å²) in [6.45, 7) is 0. The molecule has 3 rings (SSSR count).